The molecule has 0 atom stereocenters. The van der Waals surface area contributed by atoms with Crippen molar-refractivity contribution in [1.29, 1.82) is 0 Å². The molecule has 4 heteroatoms. The van der Waals surface area contributed by atoms with Gasteiger partial charge in [-0.1, -0.05) is 0 Å². The van der Waals surface area contributed by atoms with E-state index in [1.54, 1.807) is 0 Å². The van der Waals surface area contributed by atoms with E-state index in [-0.39, 0.29) is 111 Å². The van der Waals surface area contributed by atoms with Crippen LogP contribution in [0.2, 0.25) is 0 Å². The summed E-state index contributed by atoms with van der Waals surface area (Å²) in [5.74, 6) is 0. The normalized spacial score (nSPS) is 0.800. The fourth-order valence-corrected chi connectivity index (χ4v) is 0. The Hall–Kier alpha value is 2.90. The summed E-state index contributed by atoms with van der Waals surface area (Å²) in [4.78, 5) is 8.00. The molecule has 2 N–H and O–H groups in total. The Morgan fingerprint density at radius 1 is 1.20 bits per heavy atom. The third kappa shape index (κ3) is 19.7. The quantitative estimate of drug-likeness (QED) is 0.299. The molecule has 0 rings (SSSR count). The molecule has 0 aromatic rings. The Morgan fingerprint density at radius 2 is 1.20 bits per heavy atom. The predicted octanol–water partition coefficient (Wildman–Crippen LogP) is -6.78. The second-order valence-electron chi connectivity index (χ2n) is 0. The van der Waals surface area contributed by atoms with Gasteiger partial charge >= 0.3 is 103 Å². The first kappa shape index (κ1) is 24.7. The van der Waals surface area contributed by atoms with E-state index in [1.165, 1.54) is 0 Å². The molecule has 0 unspecified atom stereocenters. The Bertz CT molecular complexity index is 13.7. The fourth-order valence-electron chi connectivity index (χ4n) is 0. The van der Waals surface area contributed by atoms with Crippen LogP contribution >= 0.6 is 0 Å². The minimum atomic E-state index is 0. The summed E-state index contributed by atoms with van der Waals surface area (Å²) in [6.07, 6.45) is 0. The van der Waals surface area contributed by atoms with Gasteiger partial charge in [-0.2, -0.15) is 0 Å². The van der Waals surface area contributed by atoms with E-state index in [0.29, 0.717) is 0 Å². The van der Waals surface area contributed by atoms with Gasteiger partial charge < -0.3 is 13.1 Å². The maximum atomic E-state index is 8.00. The SMILES string of the molecule is C=O.O.[H-].[H-].[K+].[K+]. The van der Waals surface area contributed by atoms with Crippen LogP contribution in [0.15, 0.2) is 0 Å². The zero-order valence-corrected chi connectivity index (χ0v) is 9.86. The summed E-state index contributed by atoms with van der Waals surface area (Å²) in [6.45, 7) is 2.00. The maximum Gasteiger partial charge on any atom is 1.00 e. The van der Waals surface area contributed by atoms with Crippen molar-refractivity contribution >= 4 is 6.79 Å². The van der Waals surface area contributed by atoms with Gasteiger partial charge in [0.15, 0.2) is 0 Å². The van der Waals surface area contributed by atoms with Crippen LogP contribution in [0.1, 0.15) is 2.85 Å². The molecule has 0 bridgehead atoms. The molecule has 0 radical (unpaired) electrons. The van der Waals surface area contributed by atoms with E-state index in [1.807, 2.05) is 6.79 Å². The molecule has 0 spiro atoms. The van der Waals surface area contributed by atoms with Gasteiger partial charge in [0.25, 0.3) is 0 Å². The predicted molar refractivity (Wildman–Crippen MR) is 13.0 cm³/mol. The molecule has 5 heavy (non-hydrogen) atoms. The van der Waals surface area contributed by atoms with Crippen molar-refractivity contribution < 1.29 is 116 Å². The topological polar surface area (TPSA) is 48.6 Å². The van der Waals surface area contributed by atoms with E-state index in [4.69, 9.17) is 4.79 Å². The van der Waals surface area contributed by atoms with Crippen molar-refractivity contribution in [1.82, 2.24) is 0 Å². The molecule has 0 saturated heterocycles. The molecule has 0 fully saturated rings. The summed E-state index contributed by atoms with van der Waals surface area (Å²) in [7, 11) is 0. The van der Waals surface area contributed by atoms with Gasteiger partial charge in [-0.15, -0.1) is 0 Å². The van der Waals surface area contributed by atoms with Gasteiger partial charge in [0, 0.05) is 0 Å². The second-order valence-corrected chi connectivity index (χ2v) is 0. The van der Waals surface area contributed by atoms with Gasteiger partial charge in [-0.3, -0.25) is 0 Å². The third-order valence-corrected chi connectivity index (χ3v) is 0. The van der Waals surface area contributed by atoms with E-state index in [0.717, 1.165) is 0 Å². The summed E-state index contributed by atoms with van der Waals surface area (Å²) >= 11 is 0. The Morgan fingerprint density at radius 3 is 1.20 bits per heavy atom. The van der Waals surface area contributed by atoms with Gasteiger partial charge in [-0.25, -0.2) is 0 Å². The molecular weight excluding hydrogens is 122 g/mol. The minimum absolute atomic E-state index is 0. The zero-order chi connectivity index (χ0) is 2.00. The standard InChI is InChI=1S/CH2O.2K.H2O.2H/c1-2;;;;;/h1H2;;;1H2;;/q;2*+1;;2*-1. The molecule has 2 nitrogen and oxygen atoms in total. The molecule has 0 heterocycles. The van der Waals surface area contributed by atoms with Crippen LogP contribution < -0.4 is 103 Å². The molecule has 0 aromatic heterocycles. The van der Waals surface area contributed by atoms with Crippen LogP contribution in [0.25, 0.3) is 0 Å². The van der Waals surface area contributed by atoms with Crippen LogP contribution in [0.5, 0.6) is 0 Å². The largest absolute Gasteiger partial charge is 1.00 e. The maximum absolute atomic E-state index is 8.00. The number of rotatable bonds is 0. The van der Waals surface area contributed by atoms with E-state index < -0.39 is 0 Å². The Kier molecular flexibility index (Phi) is 141. The molecule has 0 amide bonds. The molecule has 0 aliphatic rings. The summed E-state index contributed by atoms with van der Waals surface area (Å²) in [5.41, 5.74) is 0. The minimum Gasteiger partial charge on any atom is -1.00 e. The Labute approximate surface area is 119 Å². The van der Waals surface area contributed by atoms with Crippen molar-refractivity contribution in [2.24, 2.45) is 0 Å². The van der Waals surface area contributed by atoms with Gasteiger partial charge in [0.1, 0.15) is 6.79 Å². The molecule has 0 saturated carbocycles. The van der Waals surface area contributed by atoms with Gasteiger partial charge in [0.2, 0.25) is 0 Å². The first-order chi connectivity index (χ1) is 1.00. The number of hydrogen-bond donors (Lipinski definition) is 0. The zero-order valence-electron chi connectivity index (χ0n) is 5.62. The molecule has 0 aliphatic heterocycles. The van der Waals surface area contributed by atoms with Crippen molar-refractivity contribution in [2.75, 3.05) is 0 Å². The molecule has 0 aliphatic carbocycles. The van der Waals surface area contributed by atoms with E-state index in [2.05, 4.69) is 0 Å². The first-order valence-corrected chi connectivity index (χ1v) is 0.289. The smallest absolute Gasteiger partial charge is 1.00 e. The number of hydrogen-bond acceptors (Lipinski definition) is 1. The van der Waals surface area contributed by atoms with Gasteiger partial charge in [-0.05, 0) is 0 Å². The summed E-state index contributed by atoms with van der Waals surface area (Å²) in [5, 5.41) is 0. The molecule has 0 aromatic carbocycles. The van der Waals surface area contributed by atoms with Crippen molar-refractivity contribution in [3.8, 4) is 0 Å². The molecular formula is CH6K2O2. The van der Waals surface area contributed by atoms with Crippen LogP contribution in [0.4, 0.5) is 0 Å². The van der Waals surface area contributed by atoms with Gasteiger partial charge in [0.05, 0.1) is 0 Å². The van der Waals surface area contributed by atoms with Crippen molar-refractivity contribution in [3.63, 3.8) is 0 Å². The molecule has 24 valence electrons. The number of carbonyl (C=O) groups is 1. The average molecular weight is 128 g/mol. The summed E-state index contributed by atoms with van der Waals surface area (Å²) in [6, 6.07) is 0. The number of carbonyl (C=O) groups excluding carboxylic acids is 1. The van der Waals surface area contributed by atoms with E-state index in [9.17, 15) is 0 Å². The van der Waals surface area contributed by atoms with Crippen molar-refractivity contribution in [2.45, 2.75) is 0 Å². The summed E-state index contributed by atoms with van der Waals surface area (Å²) < 4.78 is 0. The third-order valence-electron chi connectivity index (χ3n) is 0. The monoisotopic (exact) mass is 128 g/mol. The Balaban J connectivity index is -0.000000000500. The van der Waals surface area contributed by atoms with E-state index >= 15 is 0 Å². The average Bonchev–Trinajstić information content (AvgIpc) is 1.00. The van der Waals surface area contributed by atoms with Crippen molar-refractivity contribution in [3.05, 3.63) is 0 Å². The first-order valence-electron chi connectivity index (χ1n) is 0.289. The second kappa shape index (κ2) is 28.5. The fraction of sp³-hybridized carbons (Fsp3) is 0. The van der Waals surface area contributed by atoms with Crippen LogP contribution in [0.3, 0.4) is 0 Å². The van der Waals surface area contributed by atoms with Crippen LogP contribution in [-0.2, 0) is 4.79 Å². The van der Waals surface area contributed by atoms with Crippen LogP contribution in [-0.4, -0.2) is 12.3 Å². The van der Waals surface area contributed by atoms with Crippen LogP contribution in [0, 0.1) is 0 Å².